The number of benzene rings is 1. The Morgan fingerprint density at radius 1 is 1.15 bits per heavy atom. The highest BCUT2D eigenvalue weighted by Gasteiger charge is 2.52. The van der Waals surface area contributed by atoms with Crippen molar-refractivity contribution in [2.24, 2.45) is 4.40 Å². The maximum atomic E-state index is 13.3. The van der Waals surface area contributed by atoms with E-state index in [4.69, 9.17) is 4.74 Å². The molecule has 0 aromatic heterocycles. The summed E-state index contributed by atoms with van der Waals surface area (Å²) >= 11 is 0. The van der Waals surface area contributed by atoms with Crippen LogP contribution in [-0.2, 0) is 29.1 Å². The first kappa shape index (κ1) is 21.4. The van der Waals surface area contributed by atoms with Crippen molar-refractivity contribution >= 4 is 45.0 Å². The molecule has 0 atom stereocenters. The minimum absolute atomic E-state index is 0.153. The number of nitrogens with zero attached hydrogens (tertiary/aromatic N) is 3. The maximum Gasteiger partial charge on any atom is 0.340 e. The number of para-hydroxylation sites is 2. The molecule has 1 spiro atoms. The van der Waals surface area contributed by atoms with Gasteiger partial charge in [-0.1, -0.05) is 25.0 Å². The van der Waals surface area contributed by atoms with Gasteiger partial charge in [-0.3, -0.25) is 14.5 Å². The summed E-state index contributed by atoms with van der Waals surface area (Å²) in [5.74, 6) is -1.34. The molecule has 0 radical (unpaired) electrons. The topological polar surface area (TPSA) is 125 Å². The van der Waals surface area contributed by atoms with Crippen molar-refractivity contribution in [3.63, 3.8) is 0 Å². The van der Waals surface area contributed by atoms with Gasteiger partial charge < -0.3 is 15.0 Å². The molecule has 5 rings (SSSR count). The summed E-state index contributed by atoms with van der Waals surface area (Å²) in [6.45, 7) is -0.355. The second-order valence-electron chi connectivity index (χ2n) is 8.36. The zero-order valence-corrected chi connectivity index (χ0v) is 18.5. The average molecular weight is 471 g/mol. The van der Waals surface area contributed by atoms with E-state index in [1.165, 1.54) is 23.3 Å². The van der Waals surface area contributed by atoms with Crippen molar-refractivity contribution in [2.75, 3.05) is 29.1 Å². The SMILES string of the molecule is O=C(OCC(=O)N1c2ccccc2NC(=O)C12CCCC2)C1=CN2CCS(=O)(=O)N=C2C=C1. The molecule has 0 saturated heterocycles. The van der Waals surface area contributed by atoms with Gasteiger partial charge in [0.05, 0.1) is 22.7 Å². The predicted molar refractivity (Wildman–Crippen MR) is 120 cm³/mol. The van der Waals surface area contributed by atoms with E-state index in [0.29, 0.717) is 24.2 Å². The Bertz CT molecular complexity index is 1240. The number of ether oxygens (including phenoxy) is 1. The highest BCUT2D eigenvalue weighted by molar-refractivity contribution is 7.90. The molecule has 33 heavy (non-hydrogen) atoms. The normalized spacial score (nSPS) is 22.1. The van der Waals surface area contributed by atoms with Crippen molar-refractivity contribution in [3.8, 4) is 0 Å². The van der Waals surface area contributed by atoms with E-state index in [1.54, 1.807) is 29.2 Å². The molecule has 11 heteroatoms. The molecule has 1 aromatic rings. The van der Waals surface area contributed by atoms with Crippen LogP contribution in [0.25, 0.3) is 0 Å². The zero-order chi connectivity index (χ0) is 23.2. The number of hydrogen-bond acceptors (Lipinski definition) is 7. The van der Waals surface area contributed by atoms with E-state index in [2.05, 4.69) is 9.71 Å². The van der Waals surface area contributed by atoms with Gasteiger partial charge >= 0.3 is 5.97 Å². The van der Waals surface area contributed by atoms with Crippen LogP contribution in [0.5, 0.6) is 0 Å². The average Bonchev–Trinajstić information content (AvgIpc) is 3.27. The molecule has 1 N–H and O–H groups in total. The molecule has 10 nitrogen and oxygen atoms in total. The van der Waals surface area contributed by atoms with Gasteiger partial charge in [0.1, 0.15) is 11.4 Å². The van der Waals surface area contributed by atoms with E-state index >= 15 is 0 Å². The molecular formula is C22H22N4O6S. The van der Waals surface area contributed by atoms with E-state index in [0.717, 1.165) is 12.8 Å². The number of nitrogens with one attached hydrogen (secondary N) is 1. The first-order chi connectivity index (χ1) is 15.8. The first-order valence-electron chi connectivity index (χ1n) is 10.7. The number of hydrogen-bond donors (Lipinski definition) is 1. The highest BCUT2D eigenvalue weighted by atomic mass is 32.2. The van der Waals surface area contributed by atoms with Gasteiger partial charge in [0.25, 0.3) is 21.8 Å². The van der Waals surface area contributed by atoms with Crippen molar-refractivity contribution in [2.45, 2.75) is 31.2 Å². The number of amidine groups is 1. The zero-order valence-electron chi connectivity index (χ0n) is 17.7. The summed E-state index contributed by atoms with van der Waals surface area (Å²) in [5.41, 5.74) is 0.331. The van der Waals surface area contributed by atoms with Crippen LogP contribution < -0.4 is 10.2 Å². The summed E-state index contributed by atoms with van der Waals surface area (Å²) in [6, 6.07) is 7.07. The lowest BCUT2D eigenvalue weighted by molar-refractivity contribution is -0.144. The molecule has 3 aliphatic heterocycles. The molecule has 1 fully saturated rings. The molecule has 1 aromatic carbocycles. The standard InChI is InChI=1S/C22H22N4O6S/c27-19(14-32-20(28)15-7-8-18-24-33(30,31)12-11-25(18)13-15)26-17-6-2-1-5-16(17)23-21(29)22(26)9-3-4-10-22/h1-2,5-8,13H,3-4,9-12,14H2,(H,23,29). The molecule has 0 bridgehead atoms. The molecule has 0 unspecified atom stereocenters. The third-order valence-corrected chi connectivity index (χ3v) is 7.47. The molecule has 4 aliphatic rings. The lowest BCUT2D eigenvalue weighted by Crippen LogP contribution is -2.61. The largest absolute Gasteiger partial charge is 0.452 e. The van der Waals surface area contributed by atoms with Gasteiger partial charge in [-0.25, -0.2) is 13.2 Å². The monoisotopic (exact) mass is 470 g/mol. The number of carbonyl (C=O) groups is 3. The Balaban J connectivity index is 1.34. The van der Waals surface area contributed by atoms with E-state index in [9.17, 15) is 22.8 Å². The Hall–Kier alpha value is -3.47. The van der Waals surface area contributed by atoms with Gasteiger partial charge in [0, 0.05) is 12.7 Å². The van der Waals surface area contributed by atoms with E-state index in [1.807, 2.05) is 0 Å². The number of anilines is 2. The third kappa shape index (κ3) is 3.71. The fraction of sp³-hybridized carbons (Fsp3) is 0.364. The predicted octanol–water partition coefficient (Wildman–Crippen LogP) is 1.33. The van der Waals surface area contributed by atoms with E-state index < -0.39 is 34.0 Å². The highest BCUT2D eigenvalue weighted by Crippen LogP contribution is 2.45. The smallest absolute Gasteiger partial charge is 0.340 e. The van der Waals surface area contributed by atoms with Crippen LogP contribution in [0, 0.1) is 0 Å². The Labute approximate surface area is 190 Å². The van der Waals surface area contributed by atoms with Crippen molar-refractivity contribution in [1.29, 1.82) is 0 Å². The van der Waals surface area contributed by atoms with Crippen molar-refractivity contribution in [1.82, 2.24) is 4.90 Å². The lowest BCUT2D eigenvalue weighted by Gasteiger charge is -2.44. The number of carbonyl (C=O) groups excluding carboxylic acids is 3. The Morgan fingerprint density at radius 2 is 1.91 bits per heavy atom. The number of fused-ring (bicyclic) bond motifs is 2. The van der Waals surface area contributed by atoms with Gasteiger partial charge in [-0.15, -0.1) is 4.40 Å². The molecular weight excluding hydrogens is 448 g/mol. The number of amides is 2. The second-order valence-corrected chi connectivity index (χ2v) is 10.1. The van der Waals surface area contributed by atoms with Crippen LogP contribution >= 0.6 is 0 Å². The minimum atomic E-state index is -3.50. The van der Waals surface area contributed by atoms with Gasteiger partial charge in [0.2, 0.25) is 0 Å². The van der Waals surface area contributed by atoms with Crippen LogP contribution in [0.2, 0.25) is 0 Å². The summed E-state index contributed by atoms with van der Waals surface area (Å²) in [6.07, 6.45) is 7.03. The van der Waals surface area contributed by atoms with E-state index in [-0.39, 0.29) is 29.6 Å². The first-order valence-corrected chi connectivity index (χ1v) is 12.3. The molecule has 3 heterocycles. The molecule has 1 aliphatic carbocycles. The van der Waals surface area contributed by atoms with Gasteiger partial charge in [-0.2, -0.15) is 0 Å². The van der Waals surface area contributed by atoms with Crippen molar-refractivity contribution in [3.05, 3.63) is 48.2 Å². The Morgan fingerprint density at radius 3 is 2.70 bits per heavy atom. The maximum absolute atomic E-state index is 13.3. The Kier molecular flexibility index (Phi) is 5.08. The van der Waals surface area contributed by atoms with Crippen LogP contribution in [0.3, 0.4) is 0 Å². The van der Waals surface area contributed by atoms with Crippen LogP contribution in [-0.4, -0.2) is 61.4 Å². The summed E-state index contributed by atoms with van der Waals surface area (Å²) < 4.78 is 32.2. The lowest BCUT2D eigenvalue weighted by atomic mass is 9.90. The van der Waals surface area contributed by atoms with Crippen LogP contribution in [0.15, 0.2) is 52.6 Å². The second kappa shape index (κ2) is 7.84. The number of sulfonamides is 1. The molecule has 1 saturated carbocycles. The quantitative estimate of drug-likeness (QED) is 0.661. The fourth-order valence-electron chi connectivity index (χ4n) is 4.73. The number of rotatable bonds is 3. The number of esters is 1. The minimum Gasteiger partial charge on any atom is -0.452 e. The summed E-state index contributed by atoms with van der Waals surface area (Å²) in [4.78, 5) is 41.9. The molecule has 172 valence electrons. The van der Waals surface area contributed by atoms with Gasteiger partial charge in [-0.05, 0) is 37.1 Å². The third-order valence-electron chi connectivity index (χ3n) is 6.31. The van der Waals surface area contributed by atoms with Crippen LogP contribution in [0.4, 0.5) is 11.4 Å². The fourth-order valence-corrected chi connectivity index (χ4v) is 5.69. The van der Waals surface area contributed by atoms with Gasteiger partial charge in [0.15, 0.2) is 6.61 Å². The molecule has 2 amide bonds. The summed E-state index contributed by atoms with van der Waals surface area (Å²) in [5, 5.41) is 2.91. The van der Waals surface area contributed by atoms with Crippen LogP contribution in [0.1, 0.15) is 25.7 Å². The van der Waals surface area contributed by atoms with Crippen molar-refractivity contribution < 1.29 is 27.5 Å². The summed E-state index contributed by atoms with van der Waals surface area (Å²) in [7, 11) is -3.50.